The summed E-state index contributed by atoms with van der Waals surface area (Å²) >= 11 is 0. The molecule has 17 heavy (non-hydrogen) atoms. The lowest BCUT2D eigenvalue weighted by Gasteiger charge is -2.26. The van der Waals surface area contributed by atoms with E-state index < -0.39 is 6.10 Å². The van der Waals surface area contributed by atoms with Crippen molar-refractivity contribution in [2.45, 2.75) is 25.0 Å². The molecule has 1 aliphatic heterocycles. The lowest BCUT2D eigenvalue weighted by Crippen LogP contribution is -2.24. The Bertz CT molecular complexity index is 398. The van der Waals surface area contributed by atoms with Crippen LogP contribution in [0.5, 0.6) is 11.5 Å². The first-order chi connectivity index (χ1) is 8.11. The van der Waals surface area contributed by atoms with Gasteiger partial charge in [0, 0.05) is 0 Å². The second kappa shape index (κ2) is 4.73. The number of rotatable bonds is 2. The minimum Gasteiger partial charge on any atom is -0.507 e. The molecule has 0 radical (unpaired) electrons. The van der Waals surface area contributed by atoms with Crippen molar-refractivity contribution >= 4 is 6.29 Å². The Morgan fingerprint density at radius 2 is 1.88 bits per heavy atom. The molecule has 0 amide bonds. The fourth-order valence-electron chi connectivity index (χ4n) is 1.95. The molecule has 0 bridgehead atoms. The minimum absolute atomic E-state index is 0.121. The molecule has 1 aromatic carbocycles. The Morgan fingerprint density at radius 3 is 2.35 bits per heavy atom. The van der Waals surface area contributed by atoms with Gasteiger partial charge in [0.1, 0.15) is 11.5 Å². The predicted octanol–water partition coefficient (Wildman–Crippen LogP) is 1.12. The number of ether oxygens (including phenoxy) is 1. The molecule has 0 aromatic heterocycles. The molecule has 5 heteroatoms. The van der Waals surface area contributed by atoms with Crippen LogP contribution < -0.4 is 0 Å². The van der Waals surface area contributed by atoms with Gasteiger partial charge in [-0.3, -0.25) is 4.79 Å². The molecule has 92 valence electrons. The number of aliphatic hydroxyl groups excluding tert-OH is 1. The molecule has 1 aliphatic rings. The van der Waals surface area contributed by atoms with Crippen LogP contribution in [0.2, 0.25) is 0 Å². The van der Waals surface area contributed by atoms with Crippen LogP contribution in [-0.4, -0.2) is 34.3 Å². The molecule has 1 aromatic rings. The van der Waals surface area contributed by atoms with E-state index in [1.165, 1.54) is 12.1 Å². The molecule has 2 unspecified atom stereocenters. The van der Waals surface area contributed by atoms with E-state index in [4.69, 9.17) is 4.74 Å². The Morgan fingerprint density at radius 1 is 1.24 bits per heavy atom. The molecular formula is C12H14O5. The lowest BCUT2D eigenvalue weighted by molar-refractivity contribution is -0.0569. The number of aliphatic hydroxyl groups is 1. The topological polar surface area (TPSA) is 87.0 Å². The van der Waals surface area contributed by atoms with E-state index in [1.54, 1.807) is 0 Å². The summed E-state index contributed by atoms with van der Waals surface area (Å²) in [6, 6.07) is 2.82. The smallest absolute Gasteiger partial charge is 0.157 e. The number of hydrogen-bond acceptors (Lipinski definition) is 5. The zero-order valence-electron chi connectivity index (χ0n) is 9.17. The average Bonchev–Trinajstić information content (AvgIpc) is 2.29. The Labute approximate surface area is 98.3 Å². The number of phenolic OH excluding ortho intramolecular Hbond substituents is 2. The number of aldehydes is 1. The number of benzene rings is 1. The van der Waals surface area contributed by atoms with E-state index in [-0.39, 0.29) is 29.8 Å². The second-order valence-electron chi connectivity index (χ2n) is 4.14. The fourth-order valence-corrected chi connectivity index (χ4v) is 1.95. The maximum atomic E-state index is 10.6. The molecule has 1 fully saturated rings. The number of phenols is 2. The molecule has 2 rings (SSSR count). The van der Waals surface area contributed by atoms with Gasteiger partial charge in [-0.25, -0.2) is 0 Å². The zero-order valence-corrected chi connectivity index (χ0v) is 9.17. The monoisotopic (exact) mass is 238 g/mol. The summed E-state index contributed by atoms with van der Waals surface area (Å²) in [6.07, 6.45) is 0.903. The van der Waals surface area contributed by atoms with Crippen LogP contribution in [-0.2, 0) is 4.74 Å². The first-order valence-electron chi connectivity index (χ1n) is 5.42. The van der Waals surface area contributed by atoms with Gasteiger partial charge in [0.25, 0.3) is 0 Å². The van der Waals surface area contributed by atoms with E-state index in [0.29, 0.717) is 24.7 Å². The highest BCUT2D eigenvalue weighted by Gasteiger charge is 2.23. The van der Waals surface area contributed by atoms with E-state index >= 15 is 0 Å². The molecule has 0 aliphatic carbocycles. The summed E-state index contributed by atoms with van der Waals surface area (Å²) in [5.41, 5.74) is 0.488. The van der Waals surface area contributed by atoms with Gasteiger partial charge in [0.05, 0.1) is 24.4 Å². The lowest BCUT2D eigenvalue weighted by atomic mass is 9.98. The maximum absolute atomic E-state index is 10.6. The van der Waals surface area contributed by atoms with E-state index in [9.17, 15) is 20.1 Å². The molecule has 0 saturated carbocycles. The van der Waals surface area contributed by atoms with Gasteiger partial charge in [-0.2, -0.15) is 0 Å². The third-order valence-corrected chi connectivity index (χ3v) is 2.90. The number of hydrogen-bond donors (Lipinski definition) is 3. The van der Waals surface area contributed by atoms with Crippen LogP contribution in [0.1, 0.15) is 34.9 Å². The summed E-state index contributed by atoms with van der Waals surface area (Å²) in [7, 11) is 0. The van der Waals surface area contributed by atoms with E-state index in [1.807, 2.05) is 0 Å². The summed E-state index contributed by atoms with van der Waals surface area (Å²) in [5.74, 6) is -0.519. The molecule has 5 nitrogen and oxygen atoms in total. The standard InChI is InChI=1S/C12H14O5/c13-5-9-10(15)3-7(4-11(9)16)12-2-1-8(14)6-17-12/h3-5,8,12,14-16H,1-2,6H2. The summed E-state index contributed by atoms with van der Waals surface area (Å²) in [4.78, 5) is 10.6. The second-order valence-corrected chi connectivity index (χ2v) is 4.14. The van der Waals surface area contributed by atoms with Gasteiger partial charge in [-0.1, -0.05) is 0 Å². The van der Waals surface area contributed by atoms with Crippen molar-refractivity contribution in [1.29, 1.82) is 0 Å². The van der Waals surface area contributed by atoms with Crippen LogP contribution in [0.15, 0.2) is 12.1 Å². The highest BCUT2D eigenvalue weighted by Crippen LogP contribution is 2.34. The van der Waals surface area contributed by atoms with Crippen molar-refractivity contribution in [2.24, 2.45) is 0 Å². The normalized spacial score (nSPS) is 24.5. The number of aromatic hydroxyl groups is 2. The highest BCUT2D eigenvalue weighted by molar-refractivity contribution is 5.83. The number of carbonyl (C=O) groups is 1. The van der Waals surface area contributed by atoms with Gasteiger partial charge in [-0.05, 0) is 30.5 Å². The first kappa shape index (κ1) is 11.9. The minimum atomic E-state index is -0.456. The van der Waals surface area contributed by atoms with E-state index in [2.05, 4.69) is 0 Å². The molecule has 3 N–H and O–H groups in total. The van der Waals surface area contributed by atoms with Crippen LogP contribution in [0.25, 0.3) is 0 Å². The first-order valence-corrected chi connectivity index (χ1v) is 5.42. The van der Waals surface area contributed by atoms with Gasteiger partial charge in [-0.15, -0.1) is 0 Å². The van der Waals surface area contributed by atoms with Gasteiger partial charge in [0.15, 0.2) is 6.29 Å². The van der Waals surface area contributed by atoms with Gasteiger partial charge < -0.3 is 20.1 Å². The predicted molar refractivity (Wildman–Crippen MR) is 59.1 cm³/mol. The highest BCUT2D eigenvalue weighted by atomic mass is 16.5. The van der Waals surface area contributed by atoms with Crippen molar-refractivity contribution in [1.82, 2.24) is 0 Å². The number of carbonyl (C=O) groups excluding carboxylic acids is 1. The van der Waals surface area contributed by atoms with Crippen molar-refractivity contribution in [3.05, 3.63) is 23.3 Å². The summed E-state index contributed by atoms with van der Waals surface area (Å²) in [5, 5.41) is 28.4. The van der Waals surface area contributed by atoms with Crippen LogP contribution in [0, 0.1) is 0 Å². The zero-order chi connectivity index (χ0) is 12.4. The Balaban J connectivity index is 2.25. The molecule has 0 spiro atoms. The van der Waals surface area contributed by atoms with Crippen LogP contribution in [0.4, 0.5) is 0 Å². The van der Waals surface area contributed by atoms with Gasteiger partial charge >= 0.3 is 0 Å². The quantitative estimate of drug-likeness (QED) is 0.672. The van der Waals surface area contributed by atoms with Crippen molar-refractivity contribution in [3.63, 3.8) is 0 Å². The summed E-state index contributed by atoms with van der Waals surface area (Å²) in [6.45, 7) is 0.238. The largest absolute Gasteiger partial charge is 0.507 e. The molecule has 1 heterocycles. The average molecular weight is 238 g/mol. The molecule has 1 saturated heterocycles. The third-order valence-electron chi connectivity index (χ3n) is 2.90. The van der Waals surface area contributed by atoms with Crippen LogP contribution >= 0.6 is 0 Å². The molecule has 2 atom stereocenters. The molecular weight excluding hydrogens is 224 g/mol. The van der Waals surface area contributed by atoms with Crippen LogP contribution in [0.3, 0.4) is 0 Å². The van der Waals surface area contributed by atoms with Crippen molar-refractivity contribution in [3.8, 4) is 11.5 Å². The fraction of sp³-hybridized carbons (Fsp3) is 0.417. The van der Waals surface area contributed by atoms with Crippen molar-refractivity contribution < 1.29 is 24.9 Å². The van der Waals surface area contributed by atoms with Gasteiger partial charge in [0.2, 0.25) is 0 Å². The summed E-state index contributed by atoms with van der Waals surface area (Å²) < 4.78 is 5.40. The maximum Gasteiger partial charge on any atom is 0.157 e. The SMILES string of the molecule is O=Cc1c(O)cc(C2CCC(O)CO2)cc1O. The third kappa shape index (κ3) is 2.40. The Hall–Kier alpha value is -1.59. The van der Waals surface area contributed by atoms with Crippen molar-refractivity contribution in [2.75, 3.05) is 6.61 Å². The van der Waals surface area contributed by atoms with E-state index in [0.717, 1.165) is 0 Å². The Kier molecular flexibility index (Phi) is 3.31.